The highest BCUT2D eigenvalue weighted by Crippen LogP contribution is 2.20. The number of primary amides is 1. The van der Waals surface area contributed by atoms with Crippen molar-refractivity contribution in [2.24, 2.45) is 11.7 Å². The second-order valence-electron chi connectivity index (χ2n) is 7.01. The molecule has 3 rings (SSSR count). The number of hydrogen-bond acceptors (Lipinski definition) is 4. The van der Waals surface area contributed by atoms with E-state index in [1.807, 2.05) is 17.0 Å². The minimum absolute atomic E-state index is 0.294. The number of nitrogens with zero attached hydrogens (tertiary/aromatic N) is 2. The van der Waals surface area contributed by atoms with E-state index in [0.29, 0.717) is 23.8 Å². The second kappa shape index (κ2) is 8.34. The third-order valence-corrected chi connectivity index (χ3v) is 5.37. The van der Waals surface area contributed by atoms with Gasteiger partial charge in [0.05, 0.1) is 0 Å². The van der Waals surface area contributed by atoms with Gasteiger partial charge in [0.25, 0.3) is 0 Å². The van der Waals surface area contributed by atoms with Crippen LogP contribution in [-0.2, 0) is 4.79 Å². The Hall–Kier alpha value is -2.08. The molecule has 6 nitrogen and oxygen atoms in total. The van der Waals surface area contributed by atoms with Crippen LogP contribution >= 0.6 is 0 Å². The molecule has 2 fully saturated rings. The zero-order valence-electron chi connectivity index (χ0n) is 14.7. The first-order valence-corrected chi connectivity index (χ1v) is 9.27. The number of amides is 2. The van der Waals surface area contributed by atoms with Crippen LogP contribution in [0.15, 0.2) is 24.3 Å². The molecule has 0 aliphatic carbocycles. The molecule has 6 heteroatoms. The number of piperazine rings is 1. The van der Waals surface area contributed by atoms with E-state index >= 15 is 0 Å². The molecule has 2 saturated heterocycles. The van der Waals surface area contributed by atoms with Crippen molar-refractivity contribution in [1.29, 1.82) is 0 Å². The Morgan fingerprint density at radius 2 is 1.68 bits per heavy atom. The molecule has 2 aliphatic heterocycles. The molecule has 0 radical (unpaired) electrons. The molecule has 1 aromatic carbocycles. The Balaban J connectivity index is 1.44. The Morgan fingerprint density at radius 3 is 2.28 bits per heavy atom. The van der Waals surface area contributed by atoms with Crippen molar-refractivity contribution in [3.8, 4) is 0 Å². The van der Waals surface area contributed by atoms with Gasteiger partial charge in [-0.1, -0.05) is 0 Å². The Morgan fingerprint density at radius 1 is 1.04 bits per heavy atom. The quantitative estimate of drug-likeness (QED) is 0.842. The summed E-state index contributed by atoms with van der Waals surface area (Å²) in [5, 5.41) is 3.37. The topological polar surface area (TPSA) is 78.7 Å². The summed E-state index contributed by atoms with van der Waals surface area (Å²) in [6.45, 7) is 5.37. The summed E-state index contributed by atoms with van der Waals surface area (Å²) in [5.74, 6) is 0.591. The van der Waals surface area contributed by atoms with Gasteiger partial charge < -0.3 is 20.9 Å². The molecule has 2 amide bonds. The SMILES string of the molecule is NC(=O)c1ccc(N2CCN(C(=O)CCC3CCNCC3)CC2)cc1. The maximum Gasteiger partial charge on any atom is 0.248 e. The highest BCUT2D eigenvalue weighted by molar-refractivity contribution is 5.93. The van der Waals surface area contributed by atoms with Crippen LogP contribution in [0.4, 0.5) is 5.69 Å². The monoisotopic (exact) mass is 344 g/mol. The molecule has 2 aliphatic rings. The predicted octanol–water partition coefficient (Wildman–Crippen LogP) is 1.21. The van der Waals surface area contributed by atoms with E-state index in [1.54, 1.807) is 12.1 Å². The van der Waals surface area contributed by atoms with Crippen molar-refractivity contribution in [1.82, 2.24) is 10.2 Å². The summed E-state index contributed by atoms with van der Waals surface area (Å²) in [7, 11) is 0. The first-order valence-electron chi connectivity index (χ1n) is 9.27. The lowest BCUT2D eigenvalue weighted by Crippen LogP contribution is -2.48. The van der Waals surface area contributed by atoms with Crippen molar-refractivity contribution < 1.29 is 9.59 Å². The van der Waals surface area contributed by atoms with Gasteiger partial charge in [-0.15, -0.1) is 0 Å². The minimum Gasteiger partial charge on any atom is -0.368 e. The summed E-state index contributed by atoms with van der Waals surface area (Å²) in [4.78, 5) is 27.8. The van der Waals surface area contributed by atoms with Crippen LogP contribution in [0.25, 0.3) is 0 Å². The van der Waals surface area contributed by atoms with Crippen LogP contribution < -0.4 is 16.0 Å². The van der Waals surface area contributed by atoms with Gasteiger partial charge in [0.1, 0.15) is 0 Å². The molecule has 0 saturated carbocycles. The smallest absolute Gasteiger partial charge is 0.248 e. The molecule has 1 aromatic rings. The van der Waals surface area contributed by atoms with Crippen LogP contribution in [-0.4, -0.2) is 56.0 Å². The summed E-state index contributed by atoms with van der Waals surface area (Å²) < 4.78 is 0. The summed E-state index contributed by atoms with van der Waals surface area (Å²) >= 11 is 0. The molecule has 3 N–H and O–H groups in total. The molecule has 25 heavy (non-hydrogen) atoms. The van der Waals surface area contributed by atoms with Crippen LogP contribution in [0.3, 0.4) is 0 Å². The predicted molar refractivity (Wildman–Crippen MR) is 98.6 cm³/mol. The van der Waals surface area contributed by atoms with E-state index in [1.165, 1.54) is 12.8 Å². The first-order chi connectivity index (χ1) is 12.1. The van der Waals surface area contributed by atoms with Crippen molar-refractivity contribution in [3.63, 3.8) is 0 Å². The molecule has 136 valence electrons. The van der Waals surface area contributed by atoms with Crippen molar-refractivity contribution in [2.75, 3.05) is 44.2 Å². The molecule has 0 unspecified atom stereocenters. The fourth-order valence-electron chi connectivity index (χ4n) is 3.71. The van der Waals surface area contributed by atoms with Crippen LogP contribution in [0.2, 0.25) is 0 Å². The number of hydrogen-bond donors (Lipinski definition) is 2. The highest BCUT2D eigenvalue weighted by Gasteiger charge is 2.22. The summed E-state index contributed by atoms with van der Waals surface area (Å²) in [6.07, 6.45) is 4.10. The van der Waals surface area contributed by atoms with Gasteiger partial charge in [0, 0.05) is 43.9 Å². The number of carbonyl (C=O) groups is 2. The zero-order chi connectivity index (χ0) is 17.6. The third kappa shape index (κ3) is 4.72. The van der Waals surface area contributed by atoms with Gasteiger partial charge in [-0.05, 0) is 62.5 Å². The van der Waals surface area contributed by atoms with E-state index < -0.39 is 5.91 Å². The van der Waals surface area contributed by atoms with E-state index in [-0.39, 0.29) is 0 Å². The van der Waals surface area contributed by atoms with Crippen LogP contribution in [0, 0.1) is 5.92 Å². The molecule has 0 spiro atoms. The number of piperidine rings is 1. The number of benzene rings is 1. The Kier molecular flexibility index (Phi) is 5.91. The fraction of sp³-hybridized carbons (Fsp3) is 0.579. The first kappa shape index (κ1) is 17.7. The minimum atomic E-state index is -0.407. The van der Waals surface area contributed by atoms with Gasteiger partial charge >= 0.3 is 0 Å². The molecule has 0 aromatic heterocycles. The Bertz CT molecular complexity index is 588. The third-order valence-electron chi connectivity index (χ3n) is 5.37. The fourth-order valence-corrected chi connectivity index (χ4v) is 3.71. The lowest BCUT2D eigenvalue weighted by Gasteiger charge is -2.36. The van der Waals surface area contributed by atoms with Gasteiger partial charge in [0.15, 0.2) is 0 Å². The van der Waals surface area contributed by atoms with Gasteiger partial charge in [-0.25, -0.2) is 0 Å². The van der Waals surface area contributed by atoms with Crippen molar-refractivity contribution in [3.05, 3.63) is 29.8 Å². The standard InChI is InChI=1S/C19H28N4O2/c20-19(25)16-2-4-17(5-3-16)22-11-13-23(14-12-22)18(24)6-1-15-7-9-21-10-8-15/h2-5,15,21H,1,6-14H2,(H2,20,25). The van der Waals surface area contributed by atoms with Crippen LogP contribution in [0.1, 0.15) is 36.0 Å². The van der Waals surface area contributed by atoms with E-state index in [0.717, 1.165) is 51.4 Å². The second-order valence-corrected chi connectivity index (χ2v) is 7.01. The summed E-state index contributed by atoms with van der Waals surface area (Å²) in [6, 6.07) is 7.37. The molecule has 0 atom stereocenters. The highest BCUT2D eigenvalue weighted by atomic mass is 16.2. The molecular formula is C19H28N4O2. The van der Waals surface area contributed by atoms with Crippen molar-refractivity contribution in [2.45, 2.75) is 25.7 Å². The lowest BCUT2D eigenvalue weighted by atomic mass is 9.93. The lowest BCUT2D eigenvalue weighted by molar-refractivity contribution is -0.131. The number of anilines is 1. The molecule has 0 bridgehead atoms. The average molecular weight is 344 g/mol. The van der Waals surface area contributed by atoms with E-state index in [4.69, 9.17) is 5.73 Å². The summed E-state index contributed by atoms with van der Waals surface area (Å²) in [5.41, 5.74) is 6.88. The van der Waals surface area contributed by atoms with E-state index in [2.05, 4.69) is 10.2 Å². The van der Waals surface area contributed by atoms with Crippen molar-refractivity contribution >= 4 is 17.5 Å². The zero-order valence-corrected chi connectivity index (χ0v) is 14.7. The normalized spacial score (nSPS) is 19.0. The van der Waals surface area contributed by atoms with E-state index in [9.17, 15) is 9.59 Å². The maximum absolute atomic E-state index is 12.4. The van der Waals surface area contributed by atoms with Gasteiger partial charge in [0.2, 0.25) is 11.8 Å². The number of rotatable bonds is 5. The van der Waals surface area contributed by atoms with Gasteiger partial charge in [-0.3, -0.25) is 9.59 Å². The average Bonchev–Trinajstić information content (AvgIpc) is 2.67. The van der Waals surface area contributed by atoms with Gasteiger partial charge in [-0.2, -0.15) is 0 Å². The number of nitrogens with two attached hydrogens (primary N) is 1. The molecule has 2 heterocycles. The largest absolute Gasteiger partial charge is 0.368 e. The van der Waals surface area contributed by atoms with Crippen LogP contribution in [0.5, 0.6) is 0 Å². The molecular weight excluding hydrogens is 316 g/mol. The Labute approximate surface area is 149 Å². The number of carbonyl (C=O) groups excluding carboxylic acids is 2. The number of nitrogens with one attached hydrogen (secondary N) is 1. The maximum atomic E-state index is 12.4.